The minimum absolute atomic E-state index is 0.453. The second kappa shape index (κ2) is 7.98. The Morgan fingerprint density at radius 1 is 1.04 bits per heavy atom. The highest BCUT2D eigenvalue weighted by Crippen LogP contribution is 2.24. The van der Waals surface area contributed by atoms with Gasteiger partial charge in [0.2, 0.25) is 0 Å². The van der Waals surface area contributed by atoms with E-state index in [9.17, 15) is 0 Å². The van der Waals surface area contributed by atoms with Gasteiger partial charge >= 0.3 is 0 Å². The molecule has 3 aromatic rings. The van der Waals surface area contributed by atoms with E-state index in [4.69, 9.17) is 9.97 Å². The van der Waals surface area contributed by atoms with E-state index in [2.05, 4.69) is 40.1 Å². The van der Waals surface area contributed by atoms with Crippen LogP contribution in [0.3, 0.4) is 0 Å². The molecule has 0 radical (unpaired) electrons. The number of hydrogen-bond acceptors (Lipinski definition) is 6. The Balaban J connectivity index is 1.57. The lowest BCUT2D eigenvalue weighted by molar-refractivity contribution is 0.123. The van der Waals surface area contributed by atoms with Crippen molar-refractivity contribution in [3.8, 4) is 11.4 Å². The van der Waals surface area contributed by atoms with E-state index >= 15 is 0 Å². The summed E-state index contributed by atoms with van der Waals surface area (Å²) < 4.78 is 0. The van der Waals surface area contributed by atoms with Crippen molar-refractivity contribution in [1.82, 2.24) is 24.8 Å². The first-order valence-electron chi connectivity index (χ1n) is 9.54. The van der Waals surface area contributed by atoms with E-state index in [1.54, 1.807) is 12.4 Å². The van der Waals surface area contributed by atoms with Gasteiger partial charge in [-0.25, -0.2) is 9.97 Å². The Kier molecular flexibility index (Phi) is 5.27. The highest BCUT2D eigenvalue weighted by atomic mass is 15.3. The van der Waals surface area contributed by atoms with Gasteiger partial charge in [0.1, 0.15) is 5.82 Å². The number of likely N-dealkylation sites (N-methyl/N-ethyl adjacent to an activating group) is 1. The monoisotopic (exact) mass is 362 g/mol. The maximum Gasteiger partial charge on any atom is 0.163 e. The van der Waals surface area contributed by atoms with Crippen LogP contribution in [-0.4, -0.2) is 70.6 Å². The van der Waals surface area contributed by atoms with Crippen molar-refractivity contribution in [2.45, 2.75) is 13.0 Å². The summed E-state index contributed by atoms with van der Waals surface area (Å²) in [7, 11) is 2.19. The van der Waals surface area contributed by atoms with E-state index in [0.29, 0.717) is 11.9 Å². The Morgan fingerprint density at radius 2 is 1.85 bits per heavy atom. The predicted octanol–water partition coefficient (Wildman–Crippen LogP) is 2.74. The number of rotatable bonds is 5. The van der Waals surface area contributed by atoms with Crippen LogP contribution in [-0.2, 0) is 0 Å². The first kappa shape index (κ1) is 17.8. The van der Waals surface area contributed by atoms with Crippen LogP contribution in [0.25, 0.3) is 22.3 Å². The summed E-state index contributed by atoms with van der Waals surface area (Å²) in [6, 6.07) is 12.5. The smallest absolute Gasteiger partial charge is 0.163 e. The molecule has 6 nitrogen and oxygen atoms in total. The van der Waals surface area contributed by atoms with Crippen molar-refractivity contribution in [1.29, 1.82) is 0 Å². The lowest BCUT2D eigenvalue weighted by atomic mass is 10.2. The van der Waals surface area contributed by atoms with Crippen molar-refractivity contribution in [2.24, 2.45) is 0 Å². The molecule has 27 heavy (non-hydrogen) atoms. The maximum absolute atomic E-state index is 4.81. The van der Waals surface area contributed by atoms with Crippen molar-refractivity contribution < 1.29 is 0 Å². The zero-order valence-corrected chi connectivity index (χ0v) is 16.0. The van der Waals surface area contributed by atoms with Gasteiger partial charge in [0, 0.05) is 62.1 Å². The molecule has 1 aromatic carbocycles. The topological polar surface area (TPSA) is 57.2 Å². The average molecular weight is 362 g/mol. The van der Waals surface area contributed by atoms with Gasteiger partial charge < -0.3 is 10.2 Å². The fraction of sp³-hybridized carbons (Fsp3) is 0.381. The van der Waals surface area contributed by atoms with Gasteiger partial charge in [0.15, 0.2) is 5.82 Å². The Labute approximate surface area is 160 Å². The number of piperazine rings is 1. The Morgan fingerprint density at radius 3 is 2.63 bits per heavy atom. The lowest BCUT2D eigenvalue weighted by Crippen LogP contribution is -2.49. The number of benzene rings is 1. The Bertz CT molecular complexity index is 890. The molecular formula is C21H26N6. The van der Waals surface area contributed by atoms with Crippen molar-refractivity contribution in [3.05, 3.63) is 48.8 Å². The molecule has 1 saturated heterocycles. The molecule has 1 N–H and O–H groups in total. The number of anilines is 1. The number of fused-ring (bicyclic) bond motifs is 1. The highest BCUT2D eigenvalue weighted by Gasteiger charge is 2.19. The highest BCUT2D eigenvalue weighted by molar-refractivity contribution is 5.90. The molecule has 0 spiro atoms. The molecule has 2 aromatic heterocycles. The summed E-state index contributed by atoms with van der Waals surface area (Å²) in [6.07, 6.45) is 3.57. The van der Waals surface area contributed by atoms with E-state index < -0.39 is 0 Å². The van der Waals surface area contributed by atoms with Crippen LogP contribution in [0.2, 0.25) is 0 Å². The SMILES string of the molecule is CC(CNc1nc(-c2cccnc2)nc2ccccc12)N1CCN(C)CC1. The van der Waals surface area contributed by atoms with Crippen molar-refractivity contribution in [3.63, 3.8) is 0 Å². The number of nitrogens with zero attached hydrogens (tertiary/aromatic N) is 5. The summed E-state index contributed by atoms with van der Waals surface area (Å²) in [5.74, 6) is 1.59. The summed E-state index contributed by atoms with van der Waals surface area (Å²) in [4.78, 5) is 18.7. The molecule has 3 heterocycles. The quantitative estimate of drug-likeness (QED) is 0.753. The zero-order valence-electron chi connectivity index (χ0n) is 16.0. The van der Waals surface area contributed by atoms with Gasteiger partial charge in [-0.05, 0) is 38.2 Å². The summed E-state index contributed by atoms with van der Waals surface area (Å²) in [5, 5.41) is 4.63. The standard InChI is InChI=1S/C21H26N6/c1-16(27-12-10-26(2)11-13-27)14-23-21-18-7-3-4-8-19(18)24-20(25-21)17-6-5-9-22-15-17/h3-9,15-16H,10-14H2,1-2H3,(H,23,24,25). The predicted molar refractivity (Wildman–Crippen MR) is 110 cm³/mol. The fourth-order valence-electron chi connectivity index (χ4n) is 3.47. The minimum atomic E-state index is 0.453. The second-order valence-electron chi connectivity index (χ2n) is 7.22. The van der Waals surface area contributed by atoms with Crippen LogP contribution in [0.15, 0.2) is 48.8 Å². The molecule has 0 aliphatic carbocycles. The van der Waals surface area contributed by atoms with Gasteiger partial charge in [0.05, 0.1) is 5.52 Å². The molecule has 1 fully saturated rings. The normalized spacial score (nSPS) is 17.1. The third kappa shape index (κ3) is 4.07. The summed E-state index contributed by atoms with van der Waals surface area (Å²) in [6.45, 7) is 7.63. The number of para-hydroxylation sites is 1. The summed E-state index contributed by atoms with van der Waals surface area (Å²) >= 11 is 0. The molecule has 0 bridgehead atoms. The van der Waals surface area contributed by atoms with Gasteiger partial charge in [0.25, 0.3) is 0 Å². The lowest BCUT2D eigenvalue weighted by Gasteiger charge is -2.36. The van der Waals surface area contributed by atoms with Crippen LogP contribution >= 0.6 is 0 Å². The van der Waals surface area contributed by atoms with Crippen LogP contribution in [0.5, 0.6) is 0 Å². The molecule has 1 aliphatic rings. The number of hydrogen-bond donors (Lipinski definition) is 1. The van der Waals surface area contributed by atoms with Gasteiger partial charge in [-0.15, -0.1) is 0 Å². The third-order valence-electron chi connectivity index (χ3n) is 5.25. The third-order valence-corrected chi connectivity index (χ3v) is 5.25. The van der Waals surface area contributed by atoms with E-state index in [1.807, 2.05) is 30.3 Å². The van der Waals surface area contributed by atoms with Gasteiger partial charge in [-0.2, -0.15) is 0 Å². The number of pyridine rings is 1. The van der Waals surface area contributed by atoms with Crippen LogP contribution in [0.1, 0.15) is 6.92 Å². The number of aromatic nitrogens is 3. The van der Waals surface area contributed by atoms with Gasteiger partial charge in [-0.1, -0.05) is 12.1 Å². The second-order valence-corrected chi connectivity index (χ2v) is 7.22. The molecule has 6 heteroatoms. The first-order valence-corrected chi connectivity index (χ1v) is 9.54. The van der Waals surface area contributed by atoms with Gasteiger partial charge in [-0.3, -0.25) is 9.88 Å². The summed E-state index contributed by atoms with van der Waals surface area (Å²) in [5.41, 5.74) is 1.87. The van der Waals surface area contributed by atoms with Crippen molar-refractivity contribution >= 4 is 16.7 Å². The molecule has 0 amide bonds. The van der Waals surface area contributed by atoms with Crippen molar-refractivity contribution in [2.75, 3.05) is 45.1 Å². The molecular weight excluding hydrogens is 336 g/mol. The van der Waals surface area contributed by atoms with E-state index in [1.165, 1.54) is 0 Å². The molecule has 0 saturated carbocycles. The number of nitrogens with one attached hydrogen (secondary N) is 1. The van der Waals surface area contributed by atoms with E-state index in [0.717, 1.165) is 55.0 Å². The van der Waals surface area contributed by atoms with E-state index in [-0.39, 0.29) is 0 Å². The first-order chi connectivity index (χ1) is 13.2. The maximum atomic E-state index is 4.81. The minimum Gasteiger partial charge on any atom is -0.368 e. The molecule has 4 rings (SSSR count). The average Bonchev–Trinajstić information content (AvgIpc) is 2.72. The van der Waals surface area contributed by atoms with Crippen LogP contribution in [0.4, 0.5) is 5.82 Å². The van der Waals surface area contributed by atoms with Crippen LogP contribution < -0.4 is 5.32 Å². The van der Waals surface area contributed by atoms with Crippen LogP contribution in [0, 0.1) is 0 Å². The molecule has 1 atom stereocenters. The fourth-order valence-corrected chi connectivity index (χ4v) is 3.47. The molecule has 140 valence electrons. The Hall–Kier alpha value is -2.57. The molecule has 1 aliphatic heterocycles. The zero-order chi connectivity index (χ0) is 18.6. The largest absolute Gasteiger partial charge is 0.368 e. The molecule has 1 unspecified atom stereocenters.